The van der Waals surface area contributed by atoms with E-state index in [2.05, 4.69) is 4.98 Å². The maximum absolute atomic E-state index is 13.6. The summed E-state index contributed by atoms with van der Waals surface area (Å²) in [5, 5.41) is 10.6. The molecule has 1 heterocycles. The molecule has 0 aliphatic carbocycles. The third-order valence-electron chi connectivity index (χ3n) is 2.37. The lowest BCUT2D eigenvalue weighted by Crippen LogP contribution is -1.96. The Morgan fingerprint density at radius 2 is 2.05 bits per heavy atom. The highest BCUT2D eigenvalue weighted by atomic mass is 19.1. The first-order valence-corrected chi connectivity index (χ1v) is 5.21. The highest BCUT2D eigenvalue weighted by molar-refractivity contribution is 5.46. The van der Waals surface area contributed by atoms with Crippen molar-refractivity contribution in [2.45, 2.75) is 6.92 Å². The van der Waals surface area contributed by atoms with Crippen molar-refractivity contribution in [2.75, 3.05) is 0 Å². The smallest absolute Gasteiger partial charge is 0.275 e. The molecule has 0 aliphatic rings. The third kappa shape index (κ3) is 2.82. The summed E-state index contributed by atoms with van der Waals surface area (Å²) in [7, 11) is 0. The van der Waals surface area contributed by atoms with E-state index in [9.17, 15) is 18.9 Å². The Labute approximate surface area is 106 Å². The van der Waals surface area contributed by atoms with Crippen molar-refractivity contribution >= 4 is 5.69 Å². The molecule has 0 amide bonds. The van der Waals surface area contributed by atoms with Crippen LogP contribution in [0, 0.1) is 28.8 Å². The fourth-order valence-corrected chi connectivity index (χ4v) is 1.49. The number of rotatable bonds is 3. The minimum Gasteiger partial charge on any atom is -0.454 e. The molecule has 7 heteroatoms. The van der Waals surface area contributed by atoms with E-state index in [1.54, 1.807) is 0 Å². The van der Waals surface area contributed by atoms with Crippen LogP contribution in [0.3, 0.4) is 0 Å². The van der Waals surface area contributed by atoms with Gasteiger partial charge in [0.2, 0.25) is 5.95 Å². The molecule has 98 valence electrons. The number of nitro benzene ring substituents is 1. The van der Waals surface area contributed by atoms with Crippen molar-refractivity contribution in [1.82, 2.24) is 4.98 Å². The summed E-state index contributed by atoms with van der Waals surface area (Å²) in [5.74, 6) is -1.82. The number of aromatic nitrogens is 1. The topological polar surface area (TPSA) is 65.3 Å². The van der Waals surface area contributed by atoms with Crippen LogP contribution in [0.1, 0.15) is 5.56 Å². The van der Waals surface area contributed by atoms with E-state index >= 15 is 0 Å². The van der Waals surface area contributed by atoms with E-state index in [4.69, 9.17) is 4.74 Å². The Balaban J connectivity index is 2.36. The summed E-state index contributed by atoms with van der Waals surface area (Å²) in [6, 6.07) is 4.28. The first kappa shape index (κ1) is 12.9. The molecule has 19 heavy (non-hydrogen) atoms. The normalized spacial score (nSPS) is 10.3. The molecule has 0 saturated heterocycles. The number of hydrogen-bond acceptors (Lipinski definition) is 4. The lowest BCUT2D eigenvalue weighted by molar-refractivity contribution is -0.385. The number of ether oxygens (including phenoxy) is 1. The highest BCUT2D eigenvalue weighted by Gasteiger charge is 2.16. The molecule has 0 bridgehead atoms. The van der Waals surface area contributed by atoms with Crippen LogP contribution >= 0.6 is 0 Å². The highest BCUT2D eigenvalue weighted by Crippen LogP contribution is 2.30. The Bertz CT molecular complexity index is 647. The van der Waals surface area contributed by atoms with E-state index in [0.29, 0.717) is 0 Å². The van der Waals surface area contributed by atoms with Crippen LogP contribution in [0.4, 0.5) is 14.5 Å². The van der Waals surface area contributed by atoms with Gasteiger partial charge in [0.25, 0.3) is 5.69 Å². The number of benzene rings is 1. The van der Waals surface area contributed by atoms with Gasteiger partial charge in [-0.3, -0.25) is 10.1 Å². The second-order valence-corrected chi connectivity index (χ2v) is 3.74. The average molecular weight is 266 g/mol. The molecular weight excluding hydrogens is 258 g/mol. The van der Waals surface area contributed by atoms with Crippen molar-refractivity contribution in [3.8, 4) is 11.5 Å². The molecule has 0 unspecified atom stereocenters. The van der Waals surface area contributed by atoms with Gasteiger partial charge in [-0.25, -0.2) is 9.37 Å². The fraction of sp³-hybridized carbons (Fsp3) is 0.0833. The summed E-state index contributed by atoms with van der Waals surface area (Å²) in [6.45, 7) is 1.46. The van der Waals surface area contributed by atoms with Gasteiger partial charge in [-0.15, -0.1) is 0 Å². The van der Waals surface area contributed by atoms with Gasteiger partial charge in [-0.1, -0.05) is 0 Å². The van der Waals surface area contributed by atoms with Crippen LogP contribution in [0.2, 0.25) is 0 Å². The second-order valence-electron chi connectivity index (χ2n) is 3.74. The predicted octanol–water partition coefficient (Wildman–Crippen LogP) is 3.37. The summed E-state index contributed by atoms with van der Waals surface area (Å²) in [5.41, 5.74) is -0.0957. The SMILES string of the molecule is Cc1cc(Oc2ccnc(F)c2)c(F)cc1[N+](=O)[O-]. The number of aryl methyl sites for hydroxylation is 1. The molecule has 0 spiro atoms. The Morgan fingerprint density at radius 3 is 2.68 bits per heavy atom. The van der Waals surface area contributed by atoms with E-state index in [1.165, 1.54) is 25.3 Å². The van der Waals surface area contributed by atoms with Crippen LogP contribution in [0.25, 0.3) is 0 Å². The van der Waals surface area contributed by atoms with Crippen molar-refractivity contribution < 1.29 is 18.4 Å². The zero-order chi connectivity index (χ0) is 14.0. The van der Waals surface area contributed by atoms with Crippen LogP contribution in [-0.4, -0.2) is 9.91 Å². The Kier molecular flexibility index (Phi) is 3.37. The van der Waals surface area contributed by atoms with Gasteiger partial charge in [0.1, 0.15) is 5.75 Å². The average Bonchev–Trinajstić information content (AvgIpc) is 2.33. The monoisotopic (exact) mass is 266 g/mol. The molecule has 1 aromatic carbocycles. The standard InChI is InChI=1S/C12H8F2N2O3/c1-7-4-11(9(13)6-10(7)16(17)18)19-8-2-3-15-12(14)5-8/h2-6H,1H3. The molecule has 0 N–H and O–H groups in total. The van der Waals surface area contributed by atoms with Crippen LogP contribution < -0.4 is 4.74 Å². The van der Waals surface area contributed by atoms with Gasteiger partial charge < -0.3 is 4.74 Å². The number of pyridine rings is 1. The van der Waals surface area contributed by atoms with Crippen LogP contribution in [0.15, 0.2) is 30.5 Å². The van der Waals surface area contributed by atoms with Gasteiger partial charge in [-0.2, -0.15) is 4.39 Å². The third-order valence-corrected chi connectivity index (χ3v) is 2.37. The van der Waals surface area contributed by atoms with Gasteiger partial charge >= 0.3 is 0 Å². The summed E-state index contributed by atoms with van der Waals surface area (Å²) in [4.78, 5) is 13.3. The maximum Gasteiger partial charge on any atom is 0.275 e. The van der Waals surface area contributed by atoms with Gasteiger partial charge in [0, 0.05) is 17.8 Å². The van der Waals surface area contributed by atoms with Crippen LogP contribution in [-0.2, 0) is 0 Å². The Hall–Kier alpha value is -2.57. The van der Waals surface area contributed by atoms with Crippen molar-refractivity contribution in [3.63, 3.8) is 0 Å². The van der Waals surface area contributed by atoms with E-state index in [-0.39, 0.29) is 22.7 Å². The van der Waals surface area contributed by atoms with Crippen molar-refractivity contribution in [2.24, 2.45) is 0 Å². The largest absolute Gasteiger partial charge is 0.454 e. The van der Waals surface area contributed by atoms with Gasteiger partial charge in [0.05, 0.1) is 11.0 Å². The van der Waals surface area contributed by atoms with E-state index in [1.807, 2.05) is 0 Å². The summed E-state index contributed by atoms with van der Waals surface area (Å²) < 4.78 is 31.6. The van der Waals surface area contributed by atoms with E-state index in [0.717, 1.165) is 12.1 Å². The molecule has 2 rings (SSSR count). The first-order chi connectivity index (χ1) is 8.97. The molecule has 0 aliphatic heterocycles. The van der Waals surface area contributed by atoms with Crippen molar-refractivity contribution in [3.05, 3.63) is 57.9 Å². The van der Waals surface area contributed by atoms with Gasteiger partial charge in [0.15, 0.2) is 11.6 Å². The molecule has 1 aromatic heterocycles. The lowest BCUT2D eigenvalue weighted by atomic mass is 10.2. The van der Waals surface area contributed by atoms with E-state index < -0.39 is 16.7 Å². The number of hydrogen-bond donors (Lipinski definition) is 0. The Morgan fingerprint density at radius 1 is 1.32 bits per heavy atom. The lowest BCUT2D eigenvalue weighted by Gasteiger charge is -2.07. The predicted molar refractivity (Wildman–Crippen MR) is 62.1 cm³/mol. The number of halogens is 2. The molecule has 5 nitrogen and oxygen atoms in total. The minimum absolute atomic E-state index is 0.0552. The molecule has 0 saturated carbocycles. The first-order valence-electron chi connectivity index (χ1n) is 5.21. The number of nitro groups is 1. The van der Waals surface area contributed by atoms with Gasteiger partial charge in [-0.05, 0) is 19.1 Å². The molecular formula is C12H8F2N2O3. The minimum atomic E-state index is -0.894. The number of nitrogens with zero attached hydrogens (tertiary/aromatic N) is 2. The molecule has 2 aromatic rings. The quantitative estimate of drug-likeness (QED) is 0.485. The van der Waals surface area contributed by atoms with Crippen LogP contribution in [0.5, 0.6) is 11.5 Å². The molecule has 0 radical (unpaired) electrons. The maximum atomic E-state index is 13.6. The zero-order valence-electron chi connectivity index (χ0n) is 9.76. The molecule has 0 atom stereocenters. The molecule has 0 fully saturated rings. The summed E-state index contributed by atoms with van der Waals surface area (Å²) >= 11 is 0. The van der Waals surface area contributed by atoms with Crippen molar-refractivity contribution in [1.29, 1.82) is 0 Å². The second kappa shape index (κ2) is 4.97. The zero-order valence-corrected chi connectivity index (χ0v) is 9.76. The summed E-state index contributed by atoms with van der Waals surface area (Å²) in [6.07, 6.45) is 1.17. The fourth-order valence-electron chi connectivity index (χ4n) is 1.49.